The Balaban J connectivity index is 2.21. The standard InChI is InChI=1S/C11H12N2O3S2/c12-8-4-10(6-11(5-8)18(13,14)15)17-7-9-2-1-3-16-9/h1-6H,7,12H2,(H2,13,14,15). The van der Waals surface area contributed by atoms with Crippen molar-refractivity contribution in [2.75, 3.05) is 5.73 Å². The van der Waals surface area contributed by atoms with Crippen molar-refractivity contribution in [3.05, 3.63) is 42.4 Å². The number of nitrogen functional groups attached to an aromatic ring is 1. The van der Waals surface area contributed by atoms with Gasteiger partial charge in [0.25, 0.3) is 0 Å². The molecule has 5 nitrogen and oxygen atoms in total. The molecule has 0 atom stereocenters. The van der Waals surface area contributed by atoms with Crippen LogP contribution in [0.5, 0.6) is 0 Å². The number of rotatable bonds is 4. The van der Waals surface area contributed by atoms with Crippen molar-refractivity contribution >= 4 is 27.5 Å². The largest absolute Gasteiger partial charge is 0.468 e. The molecule has 0 spiro atoms. The van der Waals surface area contributed by atoms with E-state index in [1.807, 2.05) is 6.07 Å². The number of primary sulfonamides is 1. The van der Waals surface area contributed by atoms with Crippen LogP contribution >= 0.6 is 11.8 Å². The third-order valence-corrected chi connectivity index (χ3v) is 4.08. The summed E-state index contributed by atoms with van der Waals surface area (Å²) in [6.07, 6.45) is 1.59. The predicted molar refractivity (Wildman–Crippen MR) is 70.5 cm³/mol. The second kappa shape index (κ2) is 5.05. The third kappa shape index (κ3) is 3.28. The van der Waals surface area contributed by atoms with Crippen LogP contribution in [-0.4, -0.2) is 8.42 Å². The molecule has 18 heavy (non-hydrogen) atoms. The number of sulfonamides is 1. The Morgan fingerprint density at radius 3 is 2.67 bits per heavy atom. The van der Waals surface area contributed by atoms with Crippen LogP contribution in [0.1, 0.15) is 5.76 Å². The van der Waals surface area contributed by atoms with Crippen molar-refractivity contribution < 1.29 is 12.8 Å². The zero-order valence-electron chi connectivity index (χ0n) is 9.37. The average Bonchev–Trinajstić information content (AvgIpc) is 2.77. The number of anilines is 1. The Hall–Kier alpha value is -1.44. The van der Waals surface area contributed by atoms with E-state index < -0.39 is 10.0 Å². The molecule has 7 heteroatoms. The van der Waals surface area contributed by atoms with Gasteiger partial charge in [-0.15, -0.1) is 11.8 Å². The molecule has 0 unspecified atom stereocenters. The topological polar surface area (TPSA) is 99.3 Å². The maximum atomic E-state index is 11.3. The number of nitrogens with two attached hydrogens (primary N) is 2. The van der Waals surface area contributed by atoms with E-state index in [1.165, 1.54) is 23.9 Å². The third-order valence-electron chi connectivity index (χ3n) is 2.19. The van der Waals surface area contributed by atoms with Crippen LogP contribution in [0.4, 0.5) is 5.69 Å². The Kier molecular flexibility index (Phi) is 3.65. The van der Waals surface area contributed by atoms with Crippen LogP contribution in [0.15, 0.2) is 50.8 Å². The lowest BCUT2D eigenvalue weighted by Crippen LogP contribution is -2.12. The van der Waals surface area contributed by atoms with Crippen molar-refractivity contribution in [2.24, 2.45) is 5.14 Å². The fourth-order valence-corrected chi connectivity index (χ4v) is 2.96. The summed E-state index contributed by atoms with van der Waals surface area (Å²) < 4.78 is 27.7. The van der Waals surface area contributed by atoms with Crippen molar-refractivity contribution in [2.45, 2.75) is 15.5 Å². The average molecular weight is 284 g/mol. The van der Waals surface area contributed by atoms with E-state index in [0.29, 0.717) is 11.4 Å². The van der Waals surface area contributed by atoms with Gasteiger partial charge in [0, 0.05) is 10.6 Å². The SMILES string of the molecule is Nc1cc(SCc2ccco2)cc(S(N)(=O)=O)c1. The summed E-state index contributed by atoms with van der Waals surface area (Å²) in [6, 6.07) is 8.18. The van der Waals surface area contributed by atoms with E-state index in [9.17, 15) is 8.42 Å². The number of hydrogen-bond donors (Lipinski definition) is 2. The van der Waals surface area contributed by atoms with Crippen molar-refractivity contribution in [1.82, 2.24) is 0 Å². The maximum Gasteiger partial charge on any atom is 0.238 e. The van der Waals surface area contributed by atoms with Gasteiger partial charge in [0.15, 0.2) is 0 Å². The summed E-state index contributed by atoms with van der Waals surface area (Å²) in [4.78, 5) is 0.750. The molecule has 4 N–H and O–H groups in total. The van der Waals surface area contributed by atoms with Crippen molar-refractivity contribution in [1.29, 1.82) is 0 Å². The highest BCUT2D eigenvalue weighted by atomic mass is 32.2. The van der Waals surface area contributed by atoms with Crippen LogP contribution in [-0.2, 0) is 15.8 Å². The summed E-state index contributed by atoms with van der Waals surface area (Å²) in [6.45, 7) is 0. The Morgan fingerprint density at radius 2 is 2.06 bits per heavy atom. The molecule has 2 aromatic rings. The van der Waals surface area contributed by atoms with Gasteiger partial charge in [0.05, 0.1) is 16.9 Å². The molecular weight excluding hydrogens is 272 g/mol. The van der Waals surface area contributed by atoms with E-state index in [2.05, 4.69) is 0 Å². The van der Waals surface area contributed by atoms with Crippen molar-refractivity contribution in [3.63, 3.8) is 0 Å². The molecule has 1 aromatic carbocycles. The normalized spacial score (nSPS) is 11.6. The summed E-state index contributed by atoms with van der Waals surface area (Å²) in [5.41, 5.74) is 6.01. The van der Waals surface area contributed by atoms with Crippen LogP contribution < -0.4 is 10.9 Å². The van der Waals surface area contributed by atoms with Gasteiger partial charge in [0.1, 0.15) is 5.76 Å². The monoisotopic (exact) mass is 284 g/mol. The maximum absolute atomic E-state index is 11.3. The van der Waals surface area contributed by atoms with Gasteiger partial charge in [0.2, 0.25) is 10.0 Å². The van der Waals surface area contributed by atoms with Gasteiger partial charge in [-0.3, -0.25) is 0 Å². The van der Waals surface area contributed by atoms with Gasteiger partial charge in [-0.1, -0.05) is 0 Å². The van der Waals surface area contributed by atoms with E-state index in [1.54, 1.807) is 18.4 Å². The summed E-state index contributed by atoms with van der Waals surface area (Å²) in [5.74, 6) is 1.40. The van der Waals surface area contributed by atoms with E-state index in [-0.39, 0.29) is 4.90 Å². The Bertz CT molecular complexity index is 636. The minimum atomic E-state index is -3.74. The lowest BCUT2D eigenvalue weighted by Gasteiger charge is -2.05. The minimum absolute atomic E-state index is 0.0180. The second-order valence-corrected chi connectivity index (χ2v) is 6.26. The van der Waals surface area contributed by atoms with E-state index >= 15 is 0 Å². The van der Waals surface area contributed by atoms with Crippen LogP contribution in [0.25, 0.3) is 0 Å². The van der Waals surface area contributed by atoms with Gasteiger partial charge < -0.3 is 10.2 Å². The highest BCUT2D eigenvalue weighted by Gasteiger charge is 2.10. The summed E-state index contributed by atoms with van der Waals surface area (Å²) >= 11 is 1.43. The molecular formula is C11H12N2O3S2. The fourth-order valence-electron chi connectivity index (χ4n) is 1.39. The molecule has 0 bridgehead atoms. The first-order valence-corrected chi connectivity index (χ1v) is 7.57. The molecule has 0 fully saturated rings. The van der Waals surface area contributed by atoms with Crippen LogP contribution in [0, 0.1) is 0 Å². The quantitative estimate of drug-likeness (QED) is 0.658. The molecule has 0 aliphatic heterocycles. The Labute approximate surface area is 109 Å². The molecule has 0 radical (unpaired) electrons. The minimum Gasteiger partial charge on any atom is -0.468 e. The van der Waals surface area contributed by atoms with Gasteiger partial charge in [-0.2, -0.15) is 0 Å². The number of benzene rings is 1. The molecule has 2 rings (SSSR count). The number of thioether (sulfide) groups is 1. The van der Waals surface area contributed by atoms with E-state index in [4.69, 9.17) is 15.3 Å². The summed E-state index contributed by atoms with van der Waals surface area (Å²) in [5, 5.41) is 5.07. The first-order valence-electron chi connectivity index (χ1n) is 5.04. The molecule has 0 saturated heterocycles. The van der Waals surface area contributed by atoms with Crippen molar-refractivity contribution in [3.8, 4) is 0 Å². The zero-order valence-corrected chi connectivity index (χ0v) is 11.0. The van der Waals surface area contributed by atoms with Crippen LogP contribution in [0.2, 0.25) is 0 Å². The predicted octanol–water partition coefficient (Wildman–Crippen LogP) is 1.80. The lowest BCUT2D eigenvalue weighted by atomic mass is 10.3. The lowest BCUT2D eigenvalue weighted by molar-refractivity contribution is 0.530. The van der Waals surface area contributed by atoms with Crippen LogP contribution in [0.3, 0.4) is 0 Å². The first-order chi connectivity index (χ1) is 8.45. The molecule has 0 saturated carbocycles. The second-order valence-electron chi connectivity index (χ2n) is 3.65. The van der Waals surface area contributed by atoms with Gasteiger partial charge in [-0.05, 0) is 30.3 Å². The Morgan fingerprint density at radius 1 is 1.28 bits per heavy atom. The molecule has 1 heterocycles. The molecule has 0 aliphatic carbocycles. The zero-order chi connectivity index (χ0) is 13.2. The molecule has 0 amide bonds. The first kappa shape index (κ1) is 13.0. The van der Waals surface area contributed by atoms with Gasteiger partial charge in [-0.25, -0.2) is 13.6 Å². The number of hydrogen-bond acceptors (Lipinski definition) is 5. The number of furan rings is 1. The smallest absolute Gasteiger partial charge is 0.238 e. The highest BCUT2D eigenvalue weighted by molar-refractivity contribution is 7.98. The highest BCUT2D eigenvalue weighted by Crippen LogP contribution is 2.27. The van der Waals surface area contributed by atoms with E-state index in [0.717, 1.165) is 10.7 Å². The molecule has 0 aliphatic rings. The molecule has 1 aromatic heterocycles. The fraction of sp³-hybridized carbons (Fsp3) is 0.0909. The summed E-state index contributed by atoms with van der Waals surface area (Å²) in [7, 11) is -3.74. The molecule has 96 valence electrons. The van der Waals surface area contributed by atoms with Gasteiger partial charge >= 0.3 is 0 Å².